The minimum absolute atomic E-state index is 0.199. The summed E-state index contributed by atoms with van der Waals surface area (Å²) in [4.78, 5) is 15.2. The van der Waals surface area contributed by atoms with E-state index in [1.807, 2.05) is 12.2 Å². The molecular weight excluding hydrogens is 410 g/mol. The normalized spacial score (nSPS) is 17.8. The first-order valence-electron chi connectivity index (χ1n) is 11.9. The molecule has 2 aliphatic heterocycles. The molecule has 0 saturated heterocycles. The smallest absolute Gasteiger partial charge is 0.174 e. The number of rotatable bonds is 9. The van der Waals surface area contributed by atoms with Crippen LogP contribution >= 0.6 is 0 Å². The Bertz CT molecular complexity index is 1060. The summed E-state index contributed by atoms with van der Waals surface area (Å²) in [5.74, 6) is 2.27. The van der Waals surface area contributed by atoms with Crippen LogP contribution in [0, 0.1) is 6.92 Å². The molecule has 1 N–H and O–H groups in total. The number of anilines is 2. The number of aryl methyl sites for hydroxylation is 1. The molecule has 1 aromatic rings. The molecule has 1 aromatic carbocycles. The molecule has 2 heterocycles. The van der Waals surface area contributed by atoms with Gasteiger partial charge in [0, 0.05) is 19.0 Å². The molecule has 0 saturated carbocycles. The van der Waals surface area contributed by atoms with Gasteiger partial charge in [-0.1, -0.05) is 19.1 Å². The average molecular weight is 449 g/mol. The van der Waals surface area contributed by atoms with E-state index in [0.29, 0.717) is 6.42 Å². The topological polar surface area (TPSA) is 44.6 Å². The number of hydrogen-bond donors (Lipinski definition) is 1. The van der Waals surface area contributed by atoms with Crippen LogP contribution < -0.4 is 10.2 Å². The van der Waals surface area contributed by atoms with Gasteiger partial charge in [0.25, 0.3) is 0 Å². The van der Waals surface area contributed by atoms with Crippen molar-refractivity contribution >= 4 is 23.4 Å². The van der Waals surface area contributed by atoms with E-state index >= 15 is 0 Å². The number of unbranched alkanes of at least 4 members (excludes halogenated alkanes) is 1. The van der Waals surface area contributed by atoms with Gasteiger partial charge in [0.1, 0.15) is 25.2 Å². The molecule has 0 aromatic heterocycles. The number of methoxy groups -OCH3 is 1. The summed E-state index contributed by atoms with van der Waals surface area (Å²) in [6.07, 6.45) is 12.3. The Morgan fingerprint density at radius 1 is 1.33 bits per heavy atom. The number of allylic oxidation sites excluding steroid dienone is 6. The Labute approximate surface area is 198 Å². The molecule has 0 bridgehead atoms. The lowest BCUT2D eigenvalue weighted by Gasteiger charge is -2.15. The van der Waals surface area contributed by atoms with Gasteiger partial charge in [-0.15, -0.1) is 0 Å². The lowest BCUT2D eigenvalue weighted by Crippen LogP contribution is -2.19. The maximum Gasteiger partial charge on any atom is 0.174 e. The molecule has 0 atom stereocenters. The second-order valence-electron chi connectivity index (χ2n) is 8.91. The third-order valence-electron chi connectivity index (χ3n) is 6.22. The highest BCUT2D eigenvalue weighted by atomic mass is 16.5. The number of ether oxygens (including phenoxy) is 1. The number of nitrogens with zero attached hydrogens (tertiary/aromatic N) is 2. The summed E-state index contributed by atoms with van der Waals surface area (Å²) in [6, 6.07) is 6.43. The van der Waals surface area contributed by atoms with Crippen LogP contribution in [-0.2, 0) is 9.53 Å². The van der Waals surface area contributed by atoms with E-state index in [1.54, 1.807) is 7.11 Å². The van der Waals surface area contributed by atoms with Crippen LogP contribution in [0.3, 0.4) is 0 Å². The number of benzene rings is 1. The minimum atomic E-state index is 0.199. The molecular formula is C28H38N3O2+. The van der Waals surface area contributed by atoms with E-state index in [2.05, 4.69) is 80.1 Å². The third-order valence-corrected chi connectivity index (χ3v) is 6.22. The van der Waals surface area contributed by atoms with Crippen LogP contribution in [0.1, 0.15) is 51.5 Å². The lowest BCUT2D eigenvalue weighted by atomic mass is 9.97. The van der Waals surface area contributed by atoms with Crippen LogP contribution in [0.2, 0.25) is 0 Å². The van der Waals surface area contributed by atoms with Crippen LogP contribution in [0.5, 0.6) is 0 Å². The van der Waals surface area contributed by atoms with Crippen molar-refractivity contribution < 1.29 is 14.1 Å². The molecule has 3 rings (SSSR count). The fraction of sp³-hybridized carbons (Fsp3) is 0.429. The monoisotopic (exact) mass is 448 g/mol. The van der Waals surface area contributed by atoms with Gasteiger partial charge >= 0.3 is 0 Å². The molecule has 2 aliphatic rings. The summed E-state index contributed by atoms with van der Waals surface area (Å²) in [5, 5.41) is 3.48. The zero-order valence-electron chi connectivity index (χ0n) is 21.0. The van der Waals surface area contributed by atoms with Crippen LogP contribution in [0.4, 0.5) is 11.4 Å². The molecule has 0 unspecified atom stereocenters. The maximum absolute atomic E-state index is 13.0. The van der Waals surface area contributed by atoms with E-state index in [9.17, 15) is 4.79 Å². The first-order chi connectivity index (χ1) is 15.8. The Hall–Kier alpha value is -3.08. The molecule has 0 fully saturated rings. The highest BCUT2D eigenvalue weighted by molar-refractivity contribution is 5.98. The first-order valence-corrected chi connectivity index (χ1v) is 11.9. The molecule has 0 aliphatic carbocycles. The maximum atomic E-state index is 13.0. The lowest BCUT2D eigenvalue weighted by molar-refractivity contribution is -0.493. The van der Waals surface area contributed by atoms with Gasteiger partial charge in [0.05, 0.1) is 30.5 Å². The Kier molecular flexibility index (Phi) is 8.32. The molecule has 0 radical (unpaired) electrons. The second-order valence-corrected chi connectivity index (χ2v) is 8.91. The molecule has 0 spiro atoms. The van der Waals surface area contributed by atoms with Gasteiger partial charge in [0.15, 0.2) is 12.0 Å². The third kappa shape index (κ3) is 6.04. The summed E-state index contributed by atoms with van der Waals surface area (Å²) in [6.45, 7) is 7.19. The molecule has 5 nitrogen and oxygen atoms in total. The van der Waals surface area contributed by atoms with E-state index < -0.39 is 0 Å². The largest absolute Gasteiger partial charge is 0.500 e. The number of fused-ring (bicyclic) bond motifs is 1. The zero-order chi connectivity index (χ0) is 24.0. The number of Topliss-reactive ketones (excluding diaryl/α,β-unsaturated/α-hetero) is 1. The van der Waals surface area contributed by atoms with Crippen LogP contribution in [0.25, 0.3) is 0 Å². The van der Waals surface area contributed by atoms with Crippen LogP contribution in [-0.4, -0.2) is 44.3 Å². The van der Waals surface area contributed by atoms with E-state index in [0.717, 1.165) is 66.2 Å². The van der Waals surface area contributed by atoms with Crippen molar-refractivity contribution in [1.82, 2.24) is 0 Å². The van der Waals surface area contributed by atoms with Gasteiger partial charge in [-0.25, -0.2) is 4.58 Å². The standard InChI is InChI=1S/C28H38N3O2/c1-7-10-22(18-21(3)23-19-30(4)16-15-27(23)33-6)26(32)11-8-9-12-28-29-24-14-13-20(2)17-25(24)31(28)5/h10,12-14,17-19,29H,7-9,11,15-16H2,1-6H3/q+1/b21-18+,22-10+,28-12-. The molecule has 0 amide bonds. The average Bonchev–Trinajstić information content (AvgIpc) is 3.11. The van der Waals surface area contributed by atoms with Crippen molar-refractivity contribution in [3.63, 3.8) is 0 Å². The number of carbonyl (C=O) groups excluding carboxylic acids is 1. The minimum Gasteiger partial charge on any atom is -0.500 e. The molecule has 176 valence electrons. The Morgan fingerprint density at radius 2 is 2.12 bits per heavy atom. The first kappa shape index (κ1) is 24.6. The number of nitrogens with one attached hydrogen (secondary N) is 1. The Morgan fingerprint density at radius 3 is 2.85 bits per heavy atom. The zero-order valence-corrected chi connectivity index (χ0v) is 21.0. The summed E-state index contributed by atoms with van der Waals surface area (Å²) in [7, 11) is 5.87. The van der Waals surface area contributed by atoms with E-state index in [-0.39, 0.29) is 5.78 Å². The number of carbonyl (C=O) groups is 1. The summed E-state index contributed by atoms with van der Waals surface area (Å²) < 4.78 is 7.77. The molecule has 5 heteroatoms. The van der Waals surface area contributed by atoms with Crippen molar-refractivity contribution in [2.45, 2.75) is 52.9 Å². The second kappa shape index (κ2) is 11.2. The van der Waals surface area contributed by atoms with Crippen molar-refractivity contribution in [1.29, 1.82) is 0 Å². The number of hydrogen-bond acceptors (Lipinski definition) is 4. The van der Waals surface area contributed by atoms with Gasteiger partial charge < -0.3 is 15.0 Å². The van der Waals surface area contributed by atoms with Crippen molar-refractivity contribution in [3.05, 3.63) is 70.3 Å². The quantitative estimate of drug-likeness (QED) is 0.227. The fourth-order valence-corrected chi connectivity index (χ4v) is 4.30. The van der Waals surface area contributed by atoms with E-state index in [1.165, 1.54) is 11.3 Å². The SMILES string of the molecule is CC/C=C(\C=C(/C)C1=C(OC)CC[N+](C)=C1)C(=O)CCC/C=C1/Nc2ccc(C)cc2N1C. The van der Waals surface area contributed by atoms with Crippen molar-refractivity contribution in [3.8, 4) is 0 Å². The number of ketones is 1. The fourth-order valence-electron chi connectivity index (χ4n) is 4.30. The highest BCUT2D eigenvalue weighted by Crippen LogP contribution is 2.35. The molecule has 33 heavy (non-hydrogen) atoms. The van der Waals surface area contributed by atoms with Crippen molar-refractivity contribution in [2.75, 3.05) is 38.0 Å². The van der Waals surface area contributed by atoms with Gasteiger partial charge in [-0.3, -0.25) is 4.79 Å². The predicted molar refractivity (Wildman–Crippen MR) is 138 cm³/mol. The Balaban J connectivity index is 1.62. The van der Waals surface area contributed by atoms with Gasteiger partial charge in [-0.2, -0.15) is 0 Å². The summed E-state index contributed by atoms with van der Waals surface area (Å²) >= 11 is 0. The van der Waals surface area contributed by atoms with Crippen molar-refractivity contribution in [2.24, 2.45) is 0 Å². The predicted octanol–water partition coefficient (Wildman–Crippen LogP) is 5.74. The highest BCUT2D eigenvalue weighted by Gasteiger charge is 2.21. The van der Waals surface area contributed by atoms with E-state index in [4.69, 9.17) is 4.74 Å². The van der Waals surface area contributed by atoms with Gasteiger partial charge in [0.2, 0.25) is 0 Å². The summed E-state index contributed by atoms with van der Waals surface area (Å²) in [5.41, 5.74) is 6.52. The van der Waals surface area contributed by atoms with Crippen LogP contribution in [0.15, 0.2) is 64.7 Å². The van der Waals surface area contributed by atoms with Gasteiger partial charge in [-0.05, 0) is 68.5 Å².